The maximum atomic E-state index is 12.8. The van der Waals surface area contributed by atoms with E-state index in [1.807, 2.05) is 0 Å². The summed E-state index contributed by atoms with van der Waals surface area (Å²) in [4.78, 5) is -1.89. The largest absolute Gasteiger partial charge is 0.399 e. The molecular formula is C10H8F5NS. The van der Waals surface area contributed by atoms with Crippen molar-refractivity contribution in [1.29, 1.82) is 0 Å². The Balaban J connectivity index is 2.94. The van der Waals surface area contributed by atoms with E-state index < -0.39 is 20.5 Å². The van der Waals surface area contributed by atoms with Gasteiger partial charge in [0.25, 0.3) is 0 Å². The minimum atomic E-state index is -9.69. The van der Waals surface area contributed by atoms with Crippen molar-refractivity contribution in [2.45, 2.75) is 4.90 Å². The van der Waals surface area contributed by atoms with Crippen LogP contribution in [0.4, 0.5) is 25.1 Å². The van der Waals surface area contributed by atoms with Crippen LogP contribution in [0.3, 0.4) is 0 Å². The molecule has 7 heteroatoms. The highest BCUT2D eigenvalue weighted by Gasteiger charge is 2.66. The summed E-state index contributed by atoms with van der Waals surface area (Å²) in [6, 6.07) is 6.19. The maximum Gasteiger partial charge on any atom is 0.311 e. The zero-order chi connectivity index (χ0) is 13.0. The first kappa shape index (κ1) is 12.0. The fraction of sp³-hybridized carbons (Fsp3) is 0. The molecule has 0 radical (unpaired) electrons. The van der Waals surface area contributed by atoms with Crippen molar-refractivity contribution in [3.8, 4) is 0 Å². The molecule has 2 N–H and O–H groups in total. The summed E-state index contributed by atoms with van der Waals surface area (Å²) in [6.45, 7) is 0. The van der Waals surface area contributed by atoms with Crippen LogP contribution < -0.4 is 5.73 Å². The number of nitrogens with two attached hydrogens (primary N) is 1. The second-order valence-electron chi connectivity index (χ2n) is 3.71. The molecule has 0 heterocycles. The minimum absolute atomic E-state index is 0.00630. The van der Waals surface area contributed by atoms with Gasteiger partial charge in [0.05, 0.1) is 0 Å². The molecule has 0 aliphatic rings. The molecule has 0 fully saturated rings. The second kappa shape index (κ2) is 2.66. The van der Waals surface area contributed by atoms with Crippen LogP contribution in [0.2, 0.25) is 0 Å². The Morgan fingerprint density at radius 1 is 0.882 bits per heavy atom. The molecule has 0 spiro atoms. The van der Waals surface area contributed by atoms with Gasteiger partial charge in [-0.15, -0.1) is 0 Å². The third-order valence-electron chi connectivity index (χ3n) is 2.28. The highest BCUT2D eigenvalue weighted by atomic mass is 32.5. The van der Waals surface area contributed by atoms with Crippen molar-refractivity contribution >= 4 is 26.7 Å². The van der Waals surface area contributed by atoms with Gasteiger partial charge in [-0.3, -0.25) is 0 Å². The van der Waals surface area contributed by atoms with E-state index in [1.165, 1.54) is 18.2 Å². The fourth-order valence-corrected chi connectivity index (χ4v) is 2.53. The van der Waals surface area contributed by atoms with Crippen molar-refractivity contribution in [3.63, 3.8) is 0 Å². The molecule has 17 heavy (non-hydrogen) atoms. The first-order chi connectivity index (χ1) is 7.47. The van der Waals surface area contributed by atoms with E-state index in [2.05, 4.69) is 0 Å². The lowest BCUT2D eigenvalue weighted by atomic mass is 10.1. The molecule has 94 valence electrons. The molecule has 0 saturated heterocycles. The third kappa shape index (κ3) is 2.28. The average Bonchev–Trinajstić information content (AvgIpc) is 2.13. The van der Waals surface area contributed by atoms with Crippen LogP contribution in [0.1, 0.15) is 0 Å². The van der Waals surface area contributed by atoms with E-state index in [1.54, 1.807) is 0 Å². The van der Waals surface area contributed by atoms with Gasteiger partial charge in [0.1, 0.15) is 4.90 Å². The molecule has 2 aromatic carbocycles. The number of halogens is 5. The number of anilines is 1. The maximum absolute atomic E-state index is 12.8. The Hall–Kier alpha value is -1.50. The highest BCUT2D eigenvalue weighted by molar-refractivity contribution is 8.46. The molecule has 0 saturated carbocycles. The molecule has 0 bridgehead atoms. The summed E-state index contributed by atoms with van der Waals surface area (Å²) >= 11 is 0. The lowest BCUT2D eigenvalue weighted by molar-refractivity contribution is 0.365. The van der Waals surface area contributed by atoms with Crippen LogP contribution in [0.15, 0.2) is 41.3 Å². The van der Waals surface area contributed by atoms with Crippen molar-refractivity contribution in [1.82, 2.24) is 0 Å². The van der Waals surface area contributed by atoms with Gasteiger partial charge in [0, 0.05) is 11.1 Å². The zero-order valence-corrected chi connectivity index (χ0v) is 9.16. The summed E-state index contributed by atoms with van der Waals surface area (Å²) in [5.41, 5.74) is 5.33. The van der Waals surface area contributed by atoms with Crippen LogP contribution in [0.5, 0.6) is 0 Å². The van der Waals surface area contributed by atoms with Crippen LogP contribution in [0, 0.1) is 0 Å². The first-order valence-electron chi connectivity index (χ1n) is 4.50. The summed E-state index contributed by atoms with van der Waals surface area (Å²) in [5, 5.41) is -0.503. The standard InChI is InChI=1S/C10H8F5NS/c11-17(12,13,14,15)10-3-1-2-7-4-5-8(16)6-9(7)10/h1-6H,16H2. The topological polar surface area (TPSA) is 26.0 Å². The van der Waals surface area contributed by atoms with Gasteiger partial charge in [-0.05, 0) is 23.6 Å². The number of rotatable bonds is 1. The Kier molecular flexibility index (Phi) is 1.88. The molecule has 0 aliphatic heterocycles. The van der Waals surface area contributed by atoms with E-state index in [0.29, 0.717) is 6.07 Å². The SMILES string of the molecule is Nc1ccc2cccc(S(F)(F)(F)(F)F)c2c1. The van der Waals surface area contributed by atoms with E-state index in [9.17, 15) is 19.4 Å². The summed E-state index contributed by atoms with van der Waals surface area (Å²) in [5.74, 6) is 0. The Morgan fingerprint density at radius 2 is 1.53 bits per heavy atom. The van der Waals surface area contributed by atoms with Gasteiger partial charge in [-0.25, -0.2) is 0 Å². The first-order valence-corrected chi connectivity index (χ1v) is 6.45. The predicted octanol–water partition coefficient (Wildman–Crippen LogP) is 5.08. The third-order valence-corrected chi connectivity index (χ3v) is 3.47. The van der Waals surface area contributed by atoms with E-state index in [4.69, 9.17) is 5.73 Å². The number of hydrogen-bond acceptors (Lipinski definition) is 1. The minimum Gasteiger partial charge on any atom is -0.399 e. The molecular weight excluding hydrogens is 261 g/mol. The quantitative estimate of drug-likeness (QED) is 0.567. The number of fused-ring (bicyclic) bond motifs is 1. The molecule has 0 aromatic heterocycles. The highest BCUT2D eigenvalue weighted by Crippen LogP contribution is 3.02. The normalized spacial score (nSPS) is 16.5. The van der Waals surface area contributed by atoms with Gasteiger partial charge in [0.15, 0.2) is 0 Å². The Morgan fingerprint density at radius 3 is 2.12 bits per heavy atom. The average molecular weight is 269 g/mol. The second-order valence-corrected chi connectivity index (χ2v) is 6.08. The van der Waals surface area contributed by atoms with Gasteiger partial charge in [0.2, 0.25) is 0 Å². The molecule has 1 nitrogen and oxygen atoms in total. The van der Waals surface area contributed by atoms with Crippen LogP contribution >= 0.6 is 10.2 Å². The molecule has 0 atom stereocenters. The van der Waals surface area contributed by atoms with Crippen molar-refractivity contribution in [2.75, 3.05) is 5.73 Å². The smallest absolute Gasteiger partial charge is 0.311 e. The van der Waals surface area contributed by atoms with Crippen LogP contribution in [0.25, 0.3) is 10.8 Å². The van der Waals surface area contributed by atoms with Crippen molar-refractivity contribution in [3.05, 3.63) is 36.4 Å². The number of benzene rings is 2. The van der Waals surface area contributed by atoms with Gasteiger partial charge in [-0.1, -0.05) is 37.6 Å². The van der Waals surface area contributed by atoms with Crippen LogP contribution in [-0.4, -0.2) is 0 Å². The summed E-state index contributed by atoms with van der Waals surface area (Å²) < 4.78 is 63.8. The lowest BCUT2D eigenvalue weighted by Crippen LogP contribution is -2.06. The van der Waals surface area contributed by atoms with E-state index in [-0.39, 0.29) is 11.1 Å². The van der Waals surface area contributed by atoms with Crippen molar-refractivity contribution in [2.24, 2.45) is 0 Å². The van der Waals surface area contributed by atoms with E-state index in [0.717, 1.165) is 12.1 Å². The lowest BCUT2D eigenvalue weighted by Gasteiger charge is -2.41. The van der Waals surface area contributed by atoms with Crippen LogP contribution in [-0.2, 0) is 0 Å². The van der Waals surface area contributed by atoms with Gasteiger partial charge >= 0.3 is 10.2 Å². The molecule has 2 rings (SSSR count). The predicted molar refractivity (Wildman–Crippen MR) is 59.8 cm³/mol. The number of hydrogen-bond donors (Lipinski definition) is 1. The molecule has 0 amide bonds. The molecule has 2 aromatic rings. The van der Waals surface area contributed by atoms with Crippen molar-refractivity contribution < 1.29 is 19.4 Å². The Bertz CT molecular complexity index is 605. The molecule has 0 aliphatic carbocycles. The summed E-state index contributed by atoms with van der Waals surface area (Å²) in [6.07, 6.45) is 0. The summed E-state index contributed by atoms with van der Waals surface area (Å²) in [7, 11) is -9.69. The number of nitrogen functional groups attached to an aromatic ring is 1. The molecule has 0 unspecified atom stereocenters. The Labute approximate surface area is 93.8 Å². The zero-order valence-electron chi connectivity index (χ0n) is 8.34. The van der Waals surface area contributed by atoms with Gasteiger partial charge in [-0.2, -0.15) is 0 Å². The monoisotopic (exact) mass is 269 g/mol. The fourth-order valence-electron chi connectivity index (χ4n) is 1.60. The van der Waals surface area contributed by atoms with Gasteiger partial charge < -0.3 is 5.73 Å². The van der Waals surface area contributed by atoms with E-state index >= 15 is 0 Å².